The number of benzene rings is 14. The molecule has 1 aliphatic rings. The molecule has 0 bridgehead atoms. The number of nitrogens with zero attached hydrogens (tertiary/aromatic N) is 10. The summed E-state index contributed by atoms with van der Waals surface area (Å²) in [7, 11) is 0. The van der Waals surface area contributed by atoms with Crippen molar-refractivity contribution in [1.82, 2.24) is 0 Å². The van der Waals surface area contributed by atoms with Gasteiger partial charge < -0.3 is 69.4 Å². The first kappa shape index (κ1) is 111. The zero-order chi connectivity index (χ0) is 106. The van der Waals surface area contributed by atoms with E-state index in [0.29, 0.717) is 22.5 Å². The molecule has 1 aliphatic carbocycles. The average molecular weight is 2010 g/mol. The Morgan fingerprint density at radius 3 is 0.507 bits per heavy atom. The third-order valence-corrected chi connectivity index (χ3v) is 29.9. The zero-order valence-corrected chi connectivity index (χ0v) is 93.1. The molecule has 788 valence electrons. The predicted molar refractivity (Wildman–Crippen MR) is 649 cm³/mol. The Bertz CT molecular complexity index is 5710. The summed E-state index contributed by atoms with van der Waals surface area (Å²) in [5.74, 6) is -2.05. The maximum absolute atomic E-state index is 13.5. The summed E-state index contributed by atoms with van der Waals surface area (Å²) in [6.45, 7) is 51.3. The lowest BCUT2D eigenvalue weighted by Gasteiger charge is -2.47. The molecule has 0 aromatic heterocycles. The number of hydrogen-bond acceptors (Lipinski definition) is 14. The summed E-state index contributed by atoms with van der Waals surface area (Å²) in [6, 6.07) is 111. The second-order valence-electron chi connectivity index (χ2n) is 41.2. The van der Waals surface area contributed by atoms with E-state index in [1.807, 2.05) is 24.3 Å². The van der Waals surface area contributed by atoms with E-state index in [9.17, 15) is 20.4 Å². The van der Waals surface area contributed by atoms with Crippen LogP contribution in [0.3, 0.4) is 0 Å². The summed E-state index contributed by atoms with van der Waals surface area (Å²) in [6.07, 6.45) is 13.6. The van der Waals surface area contributed by atoms with Crippen LogP contribution in [0.1, 0.15) is 236 Å². The molecule has 1 fully saturated rings. The quantitative estimate of drug-likeness (QED) is 0.0290. The minimum Gasteiger partial charge on any atom is -0.508 e. The Kier molecular flexibility index (Phi) is 40.1. The second-order valence-corrected chi connectivity index (χ2v) is 41.2. The number of hydrogen-bond donors (Lipinski definition) is 4. The number of rotatable bonds is 56. The van der Waals surface area contributed by atoms with Crippen molar-refractivity contribution in [3.8, 4) is 101 Å². The highest BCUT2D eigenvalue weighted by atomic mass is 16.3. The van der Waals surface area contributed by atoms with Crippen LogP contribution in [0.5, 0.6) is 11.5 Å². The van der Waals surface area contributed by atoms with Crippen LogP contribution in [0.2, 0.25) is 0 Å². The third kappa shape index (κ3) is 24.6. The van der Waals surface area contributed by atoms with Crippen molar-refractivity contribution in [2.45, 2.75) is 238 Å². The highest BCUT2D eigenvalue weighted by Crippen LogP contribution is 2.58. The van der Waals surface area contributed by atoms with Crippen molar-refractivity contribution in [2.75, 3.05) is 154 Å². The maximum atomic E-state index is 13.5. The fraction of sp³-hybridized carbons (Fsp3) is 0.382. The van der Waals surface area contributed by atoms with Gasteiger partial charge in [0, 0.05) is 241 Å². The number of anilines is 14. The Morgan fingerprint density at radius 2 is 0.347 bits per heavy atom. The van der Waals surface area contributed by atoms with Crippen LogP contribution in [0, 0.1) is 0 Å². The molecule has 0 spiro atoms. The average Bonchev–Trinajstić information content (AvgIpc) is 0.727. The Balaban J connectivity index is 0.925. The molecule has 150 heavy (non-hydrogen) atoms. The van der Waals surface area contributed by atoms with Gasteiger partial charge in [0.15, 0.2) is 0 Å². The molecule has 1 saturated carbocycles. The molecule has 14 nitrogen and oxygen atoms in total. The minimum atomic E-state index is -1.25. The summed E-state index contributed by atoms with van der Waals surface area (Å²) < 4.78 is 0. The Labute approximate surface area is 900 Å². The first-order valence-corrected chi connectivity index (χ1v) is 57.4. The van der Waals surface area contributed by atoms with Crippen molar-refractivity contribution in [3.63, 3.8) is 0 Å². The molecular formula is C136H170N10O4. The van der Waals surface area contributed by atoms with E-state index < -0.39 is 24.0 Å². The van der Waals surface area contributed by atoms with Gasteiger partial charge in [-0.3, -0.25) is 0 Å². The van der Waals surface area contributed by atoms with Gasteiger partial charge in [0.25, 0.3) is 0 Å². The molecule has 14 aromatic carbocycles. The van der Waals surface area contributed by atoms with Gasteiger partial charge in [0.1, 0.15) is 11.5 Å². The normalized spacial score (nSPS) is 13.8. The van der Waals surface area contributed by atoms with Gasteiger partial charge in [0.2, 0.25) is 0 Å². The molecule has 0 amide bonds. The van der Waals surface area contributed by atoms with Crippen LogP contribution in [0.25, 0.3) is 89.0 Å². The Morgan fingerprint density at radius 1 is 0.173 bits per heavy atom. The number of phenols is 2. The van der Waals surface area contributed by atoms with E-state index in [1.54, 1.807) is 0 Å². The summed E-state index contributed by atoms with van der Waals surface area (Å²) >= 11 is 0. The fourth-order valence-electron chi connectivity index (χ4n) is 23.6. The molecule has 0 atom stereocenters. The van der Waals surface area contributed by atoms with E-state index in [1.165, 1.54) is 67.8 Å². The van der Waals surface area contributed by atoms with Gasteiger partial charge >= 0.3 is 0 Å². The molecule has 0 unspecified atom stereocenters. The van der Waals surface area contributed by atoms with Crippen LogP contribution in [-0.4, -0.2) is 137 Å². The summed E-state index contributed by atoms with van der Waals surface area (Å²) in [4.78, 5) is 25.5. The minimum absolute atomic E-state index is 0.0724. The van der Waals surface area contributed by atoms with Crippen LogP contribution in [0.15, 0.2) is 303 Å². The number of aliphatic hydroxyl groups excluding tert-OH is 2. The van der Waals surface area contributed by atoms with Crippen molar-refractivity contribution < 1.29 is 20.4 Å². The number of phenolic OH excluding ortho intramolecular Hbond substituents is 2. The summed E-state index contributed by atoms with van der Waals surface area (Å²) in [5, 5.41) is 53.8. The summed E-state index contributed by atoms with van der Waals surface area (Å²) in [5.41, 5.74) is 33.0. The van der Waals surface area contributed by atoms with Gasteiger partial charge in [-0.15, -0.1) is 0 Å². The van der Waals surface area contributed by atoms with Gasteiger partial charge in [-0.25, -0.2) is 0 Å². The van der Waals surface area contributed by atoms with Crippen LogP contribution >= 0.6 is 0 Å². The molecule has 14 heteroatoms. The number of aromatic hydroxyl groups is 2. The smallest absolute Gasteiger partial charge is 0.121 e. The van der Waals surface area contributed by atoms with E-state index in [4.69, 9.17) is 0 Å². The van der Waals surface area contributed by atoms with E-state index in [-0.39, 0.29) is 11.5 Å². The van der Waals surface area contributed by atoms with E-state index in [0.717, 1.165) is 297 Å². The fourth-order valence-corrected chi connectivity index (χ4v) is 23.6. The first-order chi connectivity index (χ1) is 73.5. The highest BCUT2D eigenvalue weighted by molar-refractivity contribution is 6.04. The number of aliphatic hydroxyl groups is 2. The lowest BCUT2D eigenvalue weighted by Crippen LogP contribution is -2.51. The third-order valence-electron chi connectivity index (χ3n) is 29.9. The van der Waals surface area contributed by atoms with Crippen molar-refractivity contribution in [2.24, 2.45) is 0 Å². The van der Waals surface area contributed by atoms with E-state index >= 15 is 0 Å². The molecule has 4 N–H and O–H groups in total. The SMILES string of the molecule is CCCN(CCC)c1cccc(N(CCC)CCC)c1-c1ccc(N(c2ccc(C3C(O)C(c4ccc(N(c5ccc(-c6c(N(CCC)CCC)cccc6N(CCC)CCC)cc5-c5ccccc5)c5ccc(-c6c(N(CCC)CCC)cccc6N(CCC)CCC)cc5-c5ccccc5)cc4O)C3O)c(O)c2)c2ccc(-c3c(N(CCC)CCC)cccc3N(CCC)CCC)cc2-c2ccccc2)c(-c2ccccc2)c1. The first-order valence-electron chi connectivity index (χ1n) is 57.4. The topological polar surface area (TPSA) is 113 Å². The van der Waals surface area contributed by atoms with Crippen LogP contribution in [0.4, 0.5) is 79.6 Å². The maximum Gasteiger partial charge on any atom is 0.121 e. The van der Waals surface area contributed by atoms with Crippen molar-refractivity contribution in [1.29, 1.82) is 0 Å². The molecule has 0 aliphatic heterocycles. The van der Waals surface area contributed by atoms with Gasteiger partial charge in [-0.2, -0.15) is 0 Å². The molecule has 0 radical (unpaired) electrons. The predicted octanol–water partition coefficient (Wildman–Crippen LogP) is 35.0. The molecule has 0 heterocycles. The molecule has 15 rings (SSSR count). The largest absolute Gasteiger partial charge is 0.508 e. The molecular weight excluding hydrogens is 1840 g/mol. The second kappa shape index (κ2) is 54.4. The van der Waals surface area contributed by atoms with E-state index in [2.05, 4.69) is 439 Å². The van der Waals surface area contributed by atoms with Crippen LogP contribution in [-0.2, 0) is 0 Å². The van der Waals surface area contributed by atoms with Gasteiger partial charge in [-0.1, -0.05) is 293 Å². The zero-order valence-electron chi connectivity index (χ0n) is 93.1. The van der Waals surface area contributed by atoms with Gasteiger partial charge in [0.05, 0.1) is 35.0 Å². The van der Waals surface area contributed by atoms with Gasteiger partial charge in [-0.05, 0) is 256 Å². The lowest BCUT2D eigenvalue weighted by atomic mass is 9.63. The standard InChI is InChI=1S/C136H170N10O4/c1-17-77-137(78-18-2)119-57-45-58-120(138(79-19-3)80-20-4)129(119)103-65-73-115(111(93-103)99-49-37-33-38-50-99)145(116-74-66-104(94-112(116)100-51-39-34-40-52-100)130-121(139(81-21-5)82-22-6)59-46-60-122(130)140(83-23-7)84-24-8)107-69-71-109(127(147)97-107)133-135(149)134(136(133)150)110-72-70-108(98-128(110)148)146(117-75-67-105(95-113(117)101-53-41-35-42-54-101)131-123(141(85-25-9)86-26-10)61-47-62-124(131)142(87-27-11)88-28-12)118-76-68-106(96-114(118)102-55-43-36-44-56-102)132-125(143(89-29-13)90-30-14)63-48-64-126(132)144(91-31-15)92-32-16/h33-76,93-98,133-136,147-150H,17-32,77-92H2,1-16H3. The van der Waals surface area contributed by atoms with Crippen molar-refractivity contribution in [3.05, 3.63) is 314 Å². The molecule has 0 saturated heterocycles. The lowest BCUT2D eigenvalue weighted by molar-refractivity contribution is -0.0797. The monoisotopic (exact) mass is 2010 g/mol. The van der Waals surface area contributed by atoms with Crippen molar-refractivity contribution >= 4 is 79.6 Å². The molecule has 14 aromatic rings. The Hall–Kier alpha value is -13.4. The van der Waals surface area contributed by atoms with Crippen LogP contribution < -0.4 is 49.0 Å². The highest BCUT2D eigenvalue weighted by Gasteiger charge is 2.52.